The molecule has 0 saturated heterocycles. The Kier molecular flexibility index (Phi) is 3.57. The molecule has 1 amide bonds. The summed E-state index contributed by atoms with van der Waals surface area (Å²) in [7, 11) is 0. The SMILES string of the molecule is O=C(CC(F)(F)C(=O)c1ccc2oc3ccccc3c2c1)NO. The molecule has 2 N–H and O–H groups in total. The second-order valence-corrected chi connectivity index (χ2v) is 5.05. The summed E-state index contributed by atoms with van der Waals surface area (Å²) in [6.07, 6.45) is -1.42. The van der Waals surface area contributed by atoms with Crippen LogP contribution in [0.3, 0.4) is 0 Å². The van der Waals surface area contributed by atoms with E-state index in [9.17, 15) is 18.4 Å². The number of benzene rings is 2. The van der Waals surface area contributed by atoms with E-state index in [1.165, 1.54) is 18.2 Å². The highest BCUT2D eigenvalue weighted by Crippen LogP contribution is 2.31. The van der Waals surface area contributed by atoms with Crippen LogP contribution in [0.1, 0.15) is 16.8 Å². The van der Waals surface area contributed by atoms with Crippen molar-refractivity contribution < 1.29 is 28.0 Å². The third-order valence-electron chi connectivity index (χ3n) is 3.48. The molecule has 3 rings (SSSR count). The minimum absolute atomic E-state index is 0.236. The highest BCUT2D eigenvalue weighted by molar-refractivity contribution is 6.10. The molecule has 0 saturated carbocycles. The van der Waals surface area contributed by atoms with E-state index in [1.54, 1.807) is 24.3 Å². The number of hydroxylamine groups is 1. The van der Waals surface area contributed by atoms with Crippen molar-refractivity contribution in [3.63, 3.8) is 0 Å². The predicted octanol–water partition coefficient (Wildman–Crippen LogP) is 3.30. The number of alkyl halides is 2. The maximum absolute atomic E-state index is 13.8. The summed E-state index contributed by atoms with van der Waals surface area (Å²) in [4.78, 5) is 22.9. The maximum Gasteiger partial charge on any atom is 0.318 e. The van der Waals surface area contributed by atoms with Crippen LogP contribution in [0.15, 0.2) is 46.9 Å². The molecular weight excluding hydrogens is 308 g/mol. The quantitative estimate of drug-likeness (QED) is 0.439. The number of halogens is 2. The molecule has 0 bridgehead atoms. The smallest absolute Gasteiger partial charge is 0.318 e. The van der Waals surface area contributed by atoms with Crippen molar-refractivity contribution in [2.24, 2.45) is 0 Å². The molecule has 3 aromatic rings. The molecule has 0 fully saturated rings. The van der Waals surface area contributed by atoms with E-state index < -0.39 is 24.0 Å². The first-order valence-electron chi connectivity index (χ1n) is 6.69. The molecule has 0 aliphatic heterocycles. The molecule has 118 valence electrons. The molecule has 0 radical (unpaired) electrons. The van der Waals surface area contributed by atoms with Gasteiger partial charge in [-0.2, -0.15) is 8.78 Å². The fourth-order valence-electron chi connectivity index (χ4n) is 2.40. The van der Waals surface area contributed by atoms with Gasteiger partial charge < -0.3 is 4.42 Å². The Morgan fingerprint density at radius 1 is 1.09 bits per heavy atom. The monoisotopic (exact) mass is 319 g/mol. The van der Waals surface area contributed by atoms with Crippen molar-refractivity contribution in [2.45, 2.75) is 12.3 Å². The van der Waals surface area contributed by atoms with Gasteiger partial charge in [0.05, 0.1) is 0 Å². The Morgan fingerprint density at radius 2 is 1.78 bits per heavy atom. The van der Waals surface area contributed by atoms with E-state index in [0.717, 1.165) is 5.48 Å². The standard InChI is InChI=1S/C16H11F2NO4/c17-16(18,8-14(20)19-22)15(21)9-5-6-13-11(7-9)10-3-1-2-4-12(10)23-13/h1-7,22H,8H2,(H,19,20). The van der Waals surface area contributed by atoms with Gasteiger partial charge in [0.25, 0.3) is 0 Å². The van der Waals surface area contributed by atoms with Crippen molar-refractivity contribution in [2.75, 3.05) is 0 Å². The van der Waals surface area contributed by atoms with Gasteiger partial charge in [-0.15, -0.1) is 0 Å². The Hall–Kier alpha value is -2.80. The minimum Gasteiger partial charge on any atom is -0.456 e. The summed E-state index contributed by atoms with van der Waals surface area (Å²) in [5.74, 6) is -6.74. The summed E-state index contributed by atoms with van der Waals surface area (Å²) in [6, 6.07) is 11.0. The minimum atomic E-state index is -3.92. The van der Waals surface area contributed by atoms with Crippen LogP contribution in [-0.2, 0) is 4.79 Å². The van der Waals surface area contributed by atoms with Crippen LogP contribution in [0, 0.1) is 0 Å². The summed E-state index contributed by atoms with van der Waals surface area (Å²) in [6.45, 7) is 0. The van der Waals surface area contributed by atoms with Crippen LogP contribution in [0.25, 0.3) is 21.9 Å². The molecule has 1 heterocycles. The number of furan rings is 1. The molecule has 0 aliphatic carbocycles. The third kappa shape index (κ3) is 2.66. The number of rotatable bonds is 4. The molecule has 0 unspecified atom stereocenters. The number of hydrogen-bond acceptors (Lipinski definition) is 4. The van der Waals surface area contributed by atoms with Crippen LogP contribution in [0.4, 0.5) is 8.78 Å². The average Bonchev–Trinajstić information content (AvgIpc) is 2.91. The molecule has 23 heavy (non-hydrogen) atoms. The number of ketones is 1. The van der Waals surface area contributed by atoms with E-state index in [0.29, 0.717) is 21.9 Å². The second kappa shape index (κ2) is 5.44. The van der Waals surface area contributed by atoms with Crippen molar-refractivity contribution in [3.05, 3.63) is 48.0 Å². The lowest BCUT2D eigenvalue weighted by Crippen LogP contribution is -2.35. The van der Waals surface area contributed by atoms with Crippen LogP contribution in [0.2, 0.25) is 0 Å². The van der Waals surface area contributed by atoms with Crippen LogP contribution < -0.4 is 5.48 Å². The number of nitrogens with one attached hydrogen (secondary N) is 1. The van der Waals surface area contributed by atoms with Gasteiger partial charge in [-0.25, -0.2) is 5.48 Å². The number of para-hydroxylation sites is 1. The lowest BCUT2D eigenvalue weighted by molar-refractivity contribution is -0.134. The van der Waals surface area contributed by atoms with Gasteiger partial charge in [0.1, 0.15) is 17.6 Å². The van der Waals surface area contributed by atoms with Gasteiger partial charge in [-0.3, -0.25) is 14.8 Å². The number of Topliss-reactive ketones (excluding diaryl/α,β-unsaturated/α-hetero) is 1. The van der Waals surface area contributed by atoms with Crippen molar-refractivity contribution in [3.8, 4) is 0 Å². The largest absolute Gasteiger partial charge is 0.456 e. The topological polar surface area (TPSA) is 79.5 Å². The molecule has 0 atom stereocenters. The maximum atomic E-state index is 13.8. The van der Waals surface area contributed by atoms with E-state index >= 15 is 0 Å². The van der Waals surface area contributed by atoms with E-state index in [4.69, 9.17) is 9.62 Å². The van der Waals surface area contributed by atoms with Crippen LogP contribution in [-0.4, -0.2) is 22.8 Å². The van der Waals surface area contributed by atoms with Gasteiger partial charge in [0, 0.05) is 16.3 Å². The van der Waals surface area contributed by atoms with Crippen molar-refractivity contribution in [1.29, 1.82) is 0 Å². The number of amides is 1. The average molecular weight is 319 g/mol. The third-order valence-corrected chi connectivity index (χ3v) is 3.48. The van der Waals surface area contributed by atoms with E-state index in [1.807, 2.05) is 0 Å². The molecule has 5 nitrogen and oxygen atoms in total. The second-order valence-electron chi connectivity index (χ2n) is 5.05. The highest BCUT2D eigenvalue weighted by atomic mass is 19.3. The van der Waals surface area contributed by atoms with E-state index in [-0.39, 0.29) is 5.56 Å². The number of hydrogen-bond donors (Lipinski definition) is 2. The molecule has 0 aliphatic rings. The lowest BCUT2D eigenvalue weighted by Gasteiger charge is -2.13. The zero-order chi connectivity index (χ0) is 16.6. The molecule has 1 aromatic heterocycles. The Morgan fingerprint density at radius 3 is 2.52 bits per heavy atom. The molecule has 2 aromatic carbocycles. The van der Waals surface area contributed by atoms with Gasteiger partial charge >= 0.3 is 5.92 Å². The number of carbonyl (C=O) groups excluding carboxylic acids is 2. The van der Waals surface area contributed by atoms with Gasteiger partial charge in [0.15, 0.2) is 0 Å². The van der Waals surface area contributed by atoms with Gasteiger partial charge in [0.2, 0.25) is 11.7 Å². The van der Waals surface area contributed by atoms with E-state index in [2.05, 4.69) is 0 Å². The summed E-state index contributed by atoms with van der Waals surface area (Å²) >= 11 is 0. The first-order chi connectivity index (χ1) is 10.9. The predicted molar refractivity (Wildman–Crippen MR) is 77.5 cm³/mol. The molecule has 0 spiro atoms. The fourth-order valence-corrected chi connectivity index (χ4v) is 2.40. The molecule has 7 heteroatoms. The first kappa shape index (κ1) is 15.1. The van der Waals surface area contributed by atoms with Gasteiger partial charge in [-0.1, -0.05) is 18.2 Å². The van der Waals surface area contributed by atoms with Gasteiger partial charge in [-0.05, 0) is 24.3 Å². The number of carbonyl (C=O) groups is 2. The highest BCUT2D eigenvalue weighted by Gasteiger charge is 2.41. The summed E-state index contributed by atoms with van der Waals surface area (Å²) in [5, 5.41) is 9.56. The normalized spacial score (nSPS) is 11.8. The lowest BCUT2D eigenvalue weighted by atomic mass is 10.0. The van der Waals surface area contributed by atoms with Crippen LogP contribution >= 0.6 is 0 Å². The summed E-state index contributed by atoms with van der Waals surface area (Å²) < 4.78 is 33.2. The Bertz CT molecular complexity index is 917. The zero-order valence-electron chi connectivity index (χ0n) is 11.7. The fraction of sp³-hybridized carbons (Fsp3) is 0.125. The Balaban J connectivity index is 2.04. The Labute approximate surface area is 128 Å². The number of fused-ring (bicyclic) bond motifs is 3. The summed E-state index contributed by atoms with van der Waals surface area (Å²) in [5.41, 5.74) is 1.91. The van der Waals surface area contributed by atoms with Crippen LogP contribution in [0.5, 0.6) is 0 Å². The van der Waals surface area contributed by atoms with Crippen molar-refractivity contribution in [1.82, 2.24) is 5.48 Å². The van der Waals surface area contributed by atoms with Crippen molar-refractivity contribution >= 4 is 33.6 Å². The first-order valence-corrected chi connectivity index (χ1v) is 6.69. The zero-order valence-corrected chi connectivity index (χ0v) is 11.7. The molecular formula is C16H11F2NO4.